The van der Waals surface area contributed by atoms with Crippen molar-refractivity contribution >= 4 is 23.3 Å². The lowest BCUT2D eigenvalue weighted by atomic mass is 10.2. The average molecular weight is 310 g/mol. The third-order valence-corrected chi connectivity index (χ3v) is 2.79. The van der Waals surface area contributed by atoms with E-state index in [-0.39, 0.29) is 23.0 Å². The van der Waals surface area contributed by atoms with Crippen molar-refractivity contribution in [2.24, 2.45) is 5.92 Å². The van der Waals surface area contributed by atoms with Gasteiger partial charge in [-0.2, -0.15) is 0 Å². The fraction of sp³-hybridized carbons (Fsp3) is 0.429. The molecule has 22 heavy (non-hydrogen) atoms. The number of carbonyl (C=O) groups excluding carboxylic acids is 2. The molecule has 0 saturated heterocycles. The zero-order valence-electron chi connectivity index (χ0n) is 12.8. The molecule has 1 rings (SSSR count). The monoisotopic (exact) mass is 310 g/mol. The van der Waals surface area contributed by atoms with Crippen molar-refractivity contribution in [3.63, 3.8) is 0 Å². The van der Waals surface area contributed by atoms with Crippen molar-refractivity contribution in [1.29, 1.82) is 0 Å². The molecule has 0 aliphatic carbocycles. The fourth-order valence-corrected chi connectivity index (χ4v) is 1.51. The van der Waals surface area contributed by atoms with Crippen molar-refractivity contribution in [2.75, 3.05) is 12.4 Å². The van der Waals surface area contributed by atoms with E-state index in [1.165, 1.54) is 32.2 Å². The predicted octanol–water partition coefficient (Wildman–Crippen LogP) is 2.13. The summed E-state index contributed by atoms with van der Waals surface area (Å²) < 4.78 is 10.0. The number of carbonyl (C=O) groups is 2. The smallest absolute Gasteiger partial charge is 0.309 e. The number of nitro benzene ring substituents is 1. The molecule has 0 aromatic heterocycles. The lowest BCUT2D eigenvalue weighted by molar-refractivity contribution is -0.384. The lowest BCUT2D eigenvalue weighted by Gasteiger charge is -2.16. The maximum absolute atomic E-state index is 12.0. The maximum Gasteiger partial charge on any atom is 0.309 e. The Balaban J connectivity index is 2.88. The Morgan fingerprint density at radius 2 is 1.91 bits per heavy atom. The Kier molecular flexibility index (Phi) is 5.85. The van der Waals surface area contributed by atoms with Crippen molar-refractivity contribution in [1.82, 2.24) is 0 Å². The molecule has 0 spiro atoms. The van der Waals surface area contributed by atoms with E-state index in [9.17, 15) is 19.7 Å². The second-order valence-electron chi connectivity index (χ2n) is 4.86. The number of benzene rings is 1. The van der Waals surface area contributed by atoms with Gasteiger partial charge in [-0.05, 0) is 13.0 Å². The van der Waals surface area contributed by atoms with Crippen molar-refractivity contribution in [3.05, 3.63) is 28.3 Å². The molecule has 0 saturated carbocycles. The summed E-state index contributed by atoms with van der Waals surface area (Å²) in [6.45, 7) is 4.71. The summed E-state index contributed by atoms with van der Waals surface area (Å²) in [6.07, 6.45) is -1.03. The second-order valence-corrected chi connectivity index (χ2v) is 4.86. The highest BCUT2D eigenvalue weighted by molar-refractivity contribution is 5.96. The highest BCUT2D eigenvalue weighted by Crippen LogP contribution is 2.29. The van der Waals surface area contributed by atoms with Gasteiger partial charge in [0.25, 0.3) is 11.6 Å². The zero-order valence-corrected chi connectivity index (χ0v) is 12.8. The summed E-state index contributed by atoms with van der Waals surface area (Å²) in [5.41, 5.74) is -0.0583. The van der Waals surface area contributed by atoms with E-state index in [1.54, 1.807) is 13.8 Å². The van der Waals surface area contributed by atoms with E-state index in [2.05, 4.69) is 5.32 Å². The molecule has 8 nitrogen and oxygen atoms in total. The third-order valence-electron chi connectivity index (χ3n) is 2.79. The molecule has 0 fully saturated rings. The first-order valence-corrected chi connectivity index (χ1v) is 6.60. The van der Waals surface area contributed by atoms with E-state index < -0.39 is 22.9 Å². The molecule has 0 aliphatic rings. The van der Waals surface area contributed by atoms with Gasteiger partial charge in [-0.15, -0.1) is 0 Å². The van der Waals surface area contributed by atoms with Gasteiger partial charge in [0.1, 0.15) is 5.75 Å². The van der Waals surface area contributed by atoms with Gasteiger partial charge in [-0.1, -0.05) is 13.8 Å². The van der Waals surface area contributed by atoms with Gasteiger partial charge in [0, 0.05) is 12.1 Å². The zero-order chi connectivity index (χ0) is 16.9. The Labute approximate surface area is 127 Å². The summed E-state index contributed by atoms with van der Waals surface area (Å²) in [7, 11) is 1.37. The summed E-state index contributed by atoms with van der Waals surface area (Å²) in [6, 6.07) is 3.81. The first-order chi connectivity index (χ1) is 10.3. The fourth-order valence-electron chi connectivity index (χ4n) is 1.51. The minimum atomic E-state index is -1.03. The second kappa shape index (κ2) is 7.39. The first-order valence-electron chi connectivity index (χ1n) is 6.60. The van der Waals surface area contributed by atoms with Crippen LogP contribution in [-0.2, 0) is 14.3 Å². The largest absolute Gasteiger partial charge is 0.495 e. The first kappa shape index (κ1) is 17.4. The molecule has 1 aromatic carbocycles. The van der Waals surface area contributed by atoms with Crippen LogP contribution in [0.3, 0.4) is 0 Å². The quantitative estimate of drug-likeness (QED) is 0.490. The van der Waals surface area contributed by atoms with Crippen LogP contribution >= 0.6 is 0 Å². The molecule has 1 aromatic rings. The SMILES string of the molecule is COc1ccc([N+](=O)[O-])cc1NC(=O)C(C)OC(=O)C(C)C. The van der Waals surface area contributed by atoms with Gasteiger partial charge in [0.15, 0.2) is 6.10 Å². The number of nitro groups is 1. The average Bonchev–Trinajstić information content (AvgIpc) is 2.46. The van der Waals surface area contributed by atoms with Crippen molar-refractivity contribution in [3.8, 4) is 5.75 Å². The topological polar surface area (TPSA) is 108 Å². The number of methoxy groups -OCH3 is 1. The van der Waals surface area contributed by atoms with Crippen LogP contribution < -0.4 is 10.1 Å². The number of hydrogen-bond donors (Lipinski definition) is 1. The molecule has 0 aliphatic heterocycles. The Bertz CT molecular complexity index is 585. The molecule has 1 atom stereocenters. The number of hydrogen-bond acceptors (Lipinski definition) is 6. The normalized spacial score (nSPS) is 11.7. The molecule has 120 valence electrons. The van der Waals surface area contributed by atoms with Crippen LogP contribution in [0.15, 0.2) is 18.2 Å². The van der Waals surface area contributed by atoms with Crippen LogP contribution in [0.5, 0.6) is 5.75 Å². The highest BCUT2D eigenvalue weighted by Gasteiger charge is 2.21. The van der Waals surface area contributed by atoms with Gasteiger partial charge < -0.3 is 14.8 Å². The van der Waals surface area contributed by atoms with E-state index in [4.69, 9.17) is 9.47 Å². The van der Waals surface area contributed by atoms with Crippen LogP contribution in [0.2, 0.25) is 0 Å². The molecule has 1 amide bonds. The third kappa shape index (κ3) is 4.44. The molecular weight excluding hydrogens is 292 g/mol. The van der Waals surface area contributed by atoms with Crippen LogP contribution in [0, 0.1) is 16.0 Å². The van der Waals surface area contributed by atoms with Gasteiger partial charge in [0.05, 0.1) is 23.6 Å². The Morgan fingerprint density at radius 3 is 2.41 bits per heavy atom. The Morgan fingerprint density at radius 1 is 1.27 bits per heavy atom. The summed E-state index contributed by atoms with van der Waals surface area (Å²) in [5.74, 6) is -1.20. The minimum absolute atomic E-state index is 0.133. The Hall–Kier alpha value is -2.64. The molecule has 1 N–H and O–H groups in total. The minimum Gasteiger partial charge on any atom is -0.495 e. The summed E-state index contributed by atoms with van der Waals surface area (Å²) in [4.78, 5) is 33.7. The van der Waals surface area contributed by atoms with E-state index in [0.29, 0.717) is 0 Å². The number of non-ortho nitro benzene ring substituents is 1. The van der Waals surface area contributed by atoms with E-state index >= 15 is 0 Å². The van der Waals surface area contributed by atoms with Gasteiger partial charge in [0.2, 0.25) is 0 Å². The maximum atomic E-state index is 12.0. The number of nitrogens with one attached hydrogen (secondary N) is 1. The molecule has 0 bridgehead atoms. The van der Waals surface area contributed by atoms with Crippen LogP contribution in [0.4, 0.5) is 11.4 Å². The summed E-state index contributed by atoms with van der Waals surface area (Å²) in [5, 5.41) is 13.2. The number of rotatable bonds is 6. The van der Waals surface area contributed by atoms with E-state index in [0.717, 1.165) is 0 Å². The number of nitrogens with zero attached hydrogens (tertiary/aromatic N) is 1. The van der Waals surface area contributed by atoms with E-state index in [1.807, 2.05) is 0 Å². The number of esters is 1. The lowest BCUT2D eigenvalue weighted by Crippen LogP contribution is -2.31. The van der Waals surface area contributed by atoms with Crippen LogP contribution in [0.1, 0.15) is 20.8 Å². The van der Waals surface area contributed by atoms with Gasteiger partial charge >= 0.3 is 5.97 Å². The highest BCUT2D eigenvalue weighted by atomic mass is 16.6. The van der Waals surface area contributed by atoms with Crippen molar-refractivity contribution in [2.45, 2.75) is 26.9 Å². The number of anilines is 1. The van der Waals surface area contributed by atoms with Gasteiger partial charge in [-0.25, -0.2) is 0 Å². The van der Waals surface area contributed by atoms with Crippen molar-refractivity contribution < 1.29 is 24.0 Å². The number of ether oxygens (including phenoxy) is 2. The standard InChI is InChI=1S/C14H18N2O6/c1-8(2)14(18)22-9(3)13(17)15-11-7-10(16(19)20)5-6-12(11)21-4/h5-9H,1-4H3,(H,15,17). The van der Waals surface area contributed by atoms with Gasteiger partial charge in [-0.3, -0.25) is 19.7 Å². The van der Waals surface area contributed by atoms with Crippen LogP contribution in [0.25, 0.3) is 0 Å². The molecule has 0 heterocycles. The molecule has 0 radical (unpaired) electrons. The molecule has 8 heteroatoms. The molecular formula is C14H18N2O6. The van der Waals surface area contributed by atoms with Crippen LogP contribution in [-0.4, -0.2) is 30.0 Å². The predicted molar refractivity (Wildman–Crippen MR) is 78.7 cm³/mol. The molecule has 1 unspecified atom stereocenters. The summed E-state index contributed by atoms with van der Waals surface area (Å²) >= 11 is 0. The number of amides is 1.